The van der Waals surface area contributed by atoms with Gasteiger partial charge in [-0.3, -0.25) is 24.0 Å². The van der Waals surface area contributed by atoms with Gasteiger partial charge in [0.15, 0.2) is 17.5 Å². The summed E-state index contributed by atoms with van der Waals surface area (Å²) in [7, 11) is 0. The van der Waals surface area contributed by atoms with E-state index in [1.807, 2.05) is 0 Å². The van der Waals surface area contributed by atoms with Crippen LogP contribution in [0, 0.1) is 0 Å². The van der Waals surface area contributed by atoms with Crippen molar-refractivity contribution in [1.29, 1.82) is 0 Å². The van der Waals surface area contributed by atoms with Gasteiger partial charge in [0.05, 0.1) is 17.6 Å². The Morgan fingerprint density at radius 1 is 1.34 bits per heavy atom. The molecule has 1 saturated heterocycles. The fourth-order valence-corrected chi connectivity index (χ4v) is 5.48. The molecule has 0 unspecified atom stereocenters. The molecule has 0 radical (unpaired) electrons. The number of fused-ring (bicyclic) bond motifs is 1. The van der Waals surface area contributed by atoms with Crippen LogP contribution in [-0.2, 0) is 28.8 Å². The van der Waals surface area contributed by atoms with Gasteiger partial charge in [-0.15, -0.1) is 23.1 Å². The van der Waals surface area contributed by atoms with Gasteiger partial charge in [0.2, 0.25) is 5.91 Å². The topological polar surface area (TPSA) is 219 Å². The van der Waals surface area contributed by atoms with Gasteiger partial charge in [-0.25, -0.2) is 4.98 Å². The number of carboxylic acid groups (broad SMARTS) is 2. The zero-order chi connectivity index (χ0) is 24.3. The molecule has 1 aromatic heterocycles. The average molecular weight is 561 g/mol. The maximum Gasteiger partial charge on any atom is 1.00 e. The summed E-state index contributed by atoms with van der Waals surface area (Å²) in [5, 5.41) is 28.8. The number of carbonyl (C=O) groups excluding carboxylic acids is 5. The number of nitrogens with zero attached hydrogens (tertiary/aromatic N) is 3. The second-order valence-corrected chi connectivity index (χ2v) is 9.23. The molecule has 0 saturated carbocycles. The number of β-lactam (4-membered cyclic amide) rings is 1. The number of aliphatic carboxylic acids is 2. The summed E-state index contributed by atoms with van der Waals surface area (Å²) in [6.07, 6.45) is 0. The Hall–Kier alpha value is -1.31. The molecule has 0 bridgehead atoms. The van der Waals surface area contributed by atoms with E-state index in [4.69, 9.17) is 5.73 Å². The van der Waals surface area contributed by atoms with E-state index < -0.39 is 59.1 Å². The number of nitrogens with two attached hydrogens (primary N) is 1. The molecule has 0 spiro atoms. The summed E-state index contributed by atoms with van der Waals surface area (Å²) < 4.78 is 2.40. The van der Waals surface area contributed by atoms with Crippen LogP contribution in [0.3, 0.4) is 0 Å². The number of aromatic nitrogens is 1. The van der Waals surface area contributed by atoms with Crippen LogP contribution in [0.15, 0.2) is 21.1 Å². The third-order valence-electron chi connectivity index (χ3n) is 4.05. The Balaban J connectivity index is 0.00000306. The summed E-state index contributed by atoms with van der Waals surface area (Å²) in [6.45, 7) is 0.316. The van der Waals surface area contributed by atoms with Gasteiger partial charge in [-0.1, -0.05) is 5.16 Å². The molecule has 3 rings (SSSR count). The zero-order valence-corrected chi connectivity index (χ0v) is 25.0. The summed E-state index contributed by atoms with van der Waals surface area (Å²) >= 11 is 2.91. The number of nitrogen functional groups attached to an aromatic ring is 1. The summed E-state index contributed by atoms with van der Waals surface area (Å²) in [5.41, 5.74) is 4.71. The summed E-state index contributed by atoms with van der Waals surface area (Å²) in [4.78, 5) is 68.4. The zero-order valence-electron chi connectivity index (χ0n) is 18.6. The smallest absolute Gasteiger partial charge is 0.546 e. The number of amides is 3. The average Bonchev–Trinajstić information content (AvgIpc) is 3.17. The van der Waals surface area contributed by atoms with Crippen molar-refractivity contribution in [2.45, 2.75) is 18.3 Å². The molecular weight excluding hydrogens is 546 g/mol. The van der Waals surface area contributed by atoms with E-state index >= 15 is 0 Å². The van der Waals surface area contributed by atoms with Crippen molar-refractivity contribution in [1.82, 2.24) is 19.9 Å². The van der Waals surface area contributed by atoms with Crippen molar-refractivity contribution in [3.05, 3.63) is 21.7 Å². The second kappa shape index (κ2) is 13.8. The van der Waals surface area contributed by atoms with Crippen molar-refractivity contribution in [2.24, 2.45) is 5.16 Å². The Kier molecular flexibility index (Phi) is 12.5. The number of rotatable bonds is 9. The first-order chi connectivity index (χ1) is 15.6. The molecule has 14 nitrogen and oxygen atoms in total. The van der Waals surface area contributed by atoms with Gasteiger partial charge in [0, 0.05) is 23.0 Å². The van der Waals surface area contributed by atoms with Gasteiger partial charge in [-0.05, 0) is 11.9 Å². The van der Waals surface area contributed by atoms with Crippen molar-refractivity contribution in [3.8, 4) is 0 Å². The van der Waals surface area contributed by atoms with Gasteiger partial charge in [-0.2, -0.15) is 0 Å². The van der Waals surface area contributed by atoms with E-state index in [0.29, 0.717) is 0 Å². The number of anilines is 1. The normalized spacial score (nSPS) is 18.8. The number of hydrogen-bond acceptors (Lipinski definition) is 14. The van der Waals surface area contributed by atoms with E-state index in [9.17, 15) is 34.2 Å². The minimum atomic E-state index is -1.61. The fourth-order valence-electron chi connectivity index (χ4n) is 2.75. The predicted octanol–water partition coefficient (Wildman–Crippen LogP) is -9.65. The van der Waals surface area contributed by atoms with Crippen LogP contribution in [-0.4, -0.2) is 69.0 Å². The minimum absolute atomic E-state index is 0. The van der Waals surface area contributed by atoms with Crippen LogP contribution >= 0.6 is 35.0 Å². The molecule has 176 valence electrons. The molecule has 35 heavy (non-hydrogen) atoms. The Morgan fingerprint density at radius 3 is 2.57 bits per heavy atom. The number of thioether (sulfide) groups is 1. The van der Waals surface area contributed by atoms with Crippen molar-refractivity contribution >= 4 is 75.5 Å². The van der Waals surface area contributed by atoms with Crippen LogP contribution in [0.4, 0.5) is 5.13 Å². The van der Waals surface area contributed by atoms with Crippen LogP contribution in [0.1, 0.15) is 12.6 Å². The van der Waals surface area contributed by atoms with Crippen molar-refractivity contribution in [2.75, 3.05) is 18.1 Å². The minimum Gasteiger partial charge on any atom is -0.546 e. The maximum absolute atomic E-state index is 12.8. The molecule has 19 heteroatoms. The first-order valence-electron chi connectivity index (χ1n) is 8.84. The van der Waals surface area contributed by atoms with E-state index in [1.165, 1.54) is 12.3 Å². The molecule has 2 aliphatic heterocycles. The Morgan fingerprint density at radius 2 is 2.03 bits per heavy atom. The standard InChI is InChI=1S/C16H16N6O8S3.2Na/c1-5(23)21-33-7-4-31-14-10(13(27)22(14)11(7)15(28)29)19-12(26)9(20-30-2-8(24)25)6-3-32-16(17)18-6;;/h3,10,14H,2,4H2,1H3,(H2,17,18)(H,19,26)(H,21,23)(H,24,25)(H,28,29);;/q;2*+1/p-2/b20-9+;;/t10-,14-;;/m1../s1. The Bertz CT molecular complexity index is 1100. The largest absolute Gasteiger partial charge is 1.00 e. The number of carboxylic acids is 2. The summed E-state index contributed by atoms with van der Waals surface area (Å²) in [6, 6.07) is -1.12. The molecule has 0 aromatic carbocycles. The number of hydrogen-bond donors (Lipinski definition) is 3. The molecular formula is C16H14N6Na2O8S3. The van der Waals surface area contributed by atoms with Crippen molar-refractivity contribution < 1.29 is 98.1 Å². The second-order valence-electron chi connectivity index (χ2n) is 6.34. The fraction of sp³-hybridized carbons (Fsp3) is 0.312. The predicted molar refractivity (Wildman–Crippen MR) is 112 cm³/mol. The van der Waals surface area contributed by atoms with Gasteiger partial charge in [0.1, 0.15) is 17.1 Å². The molecule has 2 aliphatic rings. The van der Waals surface area contributed by atoms with Gasteiger partial charge < -0.3 is 35.7 Å². The van der Waals surface area contributed by atoms with E-state index in [0.717, 1.165) is 39.9 Å². The SMILES string of the molecule is CC(=O)NSC1=C(C(=O)[O-])N2C(=O)[C@@H](NC(=O)/C(=N/OCC(=O)[O-])c3csc(N)n3)[C@H]2SC1.[Na+].[Na+]. The number of carbonyl (C=O) groups is 5. The monoisotopic (exact) mass is 560 g/mol. The van der Waals surface area contributed by atoms with Crippen LogP contribution in [0.5, 0.6) is 0 Å². The number of thiazole rings is 1. The quantitative estimate of drug-likeness (QED) is 0.0843. The first kappa shape index (κ1) is 31.7. The van der Waals surface area contributed by atoms with Crippen molar-refractivity contribution in [3.63, 3.8) is 0 Å². The third kappa shape index (κ3) is 7.59. The molecule has 1 aromatic rings. The first-order valence-corrected chi connectivity index (χ1v) is 11.6. The molecule has 3 heterocycles. The van der Waals surface area contributed by atoms with E-state index in [1.54, 1.807) is 0 Å². The third-order valence-corrected chi connectivity index (χ3v) is 7.16. The summed E-state index contributed by atoms with van der Waals surface area (Å²) in [5.74, 6) is -5.11. The van der Waals surface area contributed by atoms with Crippen LogP contribution in [0.25, 0.3) is 0 Å². The number of oxime groups is 1. The molecule has 3 amide bonds. The maximum atomic E-state index is 12.8. The van der Waals surface area contributed by atoms with Gasteiger partial charge in [0.25, 0.3) is 11.8 Å². The molecule has 4 N–H and O–H groups in total. The molecule has 1 fully saturated rings. The van der Waals surface area contributed by atoms with Crippen LogP contribution in [0.2, 0.25) is 0 Å². The van der Waals surface area contributed by atoms with Crippen LogP contribution < -0.4 is 85.1 Å². The number of nitrogens with one attached hydrogen (secondary N) is 2. The van der Waals surface area contributed by atoms with Gasteiger partial charge >= 0.3 is 59.1 Å². The molecule has 2 atom stereocenters. The Labute approximate surface area is 254 Å². The van der Waals surface area contributed by atoms with E-state index in [-0.39, 0.29) is 80.6 Å². The van der Waals surface area contributed by atoms with E-state index in [2.05, 4.69) is 25.0 Å². The molecule has 0 aliphatic carbocycles.